The SMILES string of the molecule is COc1cc(C2C3=C(OC4CCC(Cl)CC4C3=O)C(=O)N2c2nnc(CC(C)C)s2)ccc1O. The summed E-state index contributed by atoms with van der Waals surface area (Å²) in [6.45, 7) is 4.18. The molecule has 1 aliphatic carbocycles. The first-order valence-electron chi connectivity index (χ1n) is 11.4. The average molecular weight is 504 g/mol. The molecule has 10 heteroatoms. The van der Waals surface area contributed by atoms with E-state index in [1.165, 1.54) is 29.4 Å². The predicted octanol–water partition coefficient (Wildman–Crippen LogP) is 4.17. The van der Waals surface area contributed by atoms with Gasteiger partial charge < -0.3 is 14.6 Å². The Kier molecular flexibility index (Phi) is 6.02. The second-order valence-electron chi connectivity index (χ2n) is 9.37. The first kappa shape index (κ1) is 23.1. The normalized spacial score (nSPS) is 26.6. The van der Waals surface area contributed by atoms with Gasteiger partial charge in [-0.05, 0) is 42.9 Å². The number of carbonyl (C=O) groups is 2. The van der Waals surface area contributed by atoms with Gasteiger partial charge in [0.1, 0.15) is 11.1 Å². The number of rotatable bonds is 5. The molecule has 0 radical (unpaired) electrons. The molecule has 1 N–H and O–H groups in total. The van der Waals surface area contributed by atoms with Gasteiger partial charge in [0.05, 0.1) is 24.6 Å². The van der Waals surface area contributed by atoms with Crippen molar-refractivity contribution in [3.63, 3.8) is 0 Å². The van der Waals surface area contributed by atoms with Gasteiger partial charge in [0, 0.05) is 11.8 Å². The number of carbonyl (C=O) groups excluding carboxylic acids is 2. The molecule has 2 aromatic rings. The Bertz CT molecular complexity index is 1180. The smallest absolute Gasteiger partial charge is 0.296 e. The fourth-order valence-corrected chi connectivity index (χ4v) is 6.36. The molecule has 34 heavy (non-hydrogen) atoms. The molecular formula is C24H26ClN3O5S. The van der Waals surface area contributed by atoms with Crippen molar-refractivity contribution in [2.24, 2.45) is 11.8 Å². The van der Waals surface area contributed by atoms with Crippen LogP contribution in [-0.4, -0.2) is 45.6 Å². The highest BCUT2D eigenvalue weighted by Gasteiger charge is 2.54. The highest BCUT2D eigenvalue weighted by atomic mass is 35.5. The van der Waals surface area contributed by atoms with Crippen LogP contribution in [0.25, 0.3) is 0 Å². The number of hydrogen-bond donors (Lipinski definition) is 1. The quantitative estimate of drug-likeness (QED) is 0.611. The van der Waals surface area contributed by atoms with Gasteiger partial charge in [0.25, 0.3) is 5.91 Å². The third-order valence-electron chi connectivity index (χ3n) is 6.55. The summed E-state index contributed by atoms with van der Waals surface area (Å²) in [6.07, 6.45) is 2.26. The standard InChI is InChI=1S/C24H26ClN3O5S/c1-11(2)8-18-26-27-24(34-18)28-20(12-4-6-15(29)17(9-12)32-3)19-21(30)14-10-13(25)5-7-16(14)33-22(19)23(28)31/h4,6,9,11,13-14,16,20,29H,5,7-8,10H2,1-3H3. The molecular weight excluding hydrogens is 478 g/mol. The summed E-state index contributed by atoms with van der Waals surface area (Å²) in [5.74, 6) is -0.232. The molecule has 2 aliphatic heterocycles. The maximum atomic E-state index is 13.8. The Morgan fingerprint density at radius 2 is 2.09 bits per heavy atom. The Morgan fingerprint density at radius 1 is 1.29 bits per heavy atom. The number of amides is 1. The van der Waals surface area contributed by atoms with Crippen molar-refractivity contribution in [3.05, 3.63) is 40.1 Å². The molecule has 3 heterocycles. The van der Waals surface area contributed by atoms with E-state index in [4.69, 9.17) is 21.1 Å². The zero-order valence-electron chi connectivity index (χ0n) is 19.2. The number of ketones is 1. The molecule has 5 rings (SSSR count). The van der Waals surface area contributed by atoms with E-state index >= 15 is 0 Å². The molecule has 4 atom stereocenters. The Labute approximate surface area is 206 Å². The second kappa shape index (κ2) is 8.85. The molecule has 1 aromatic carbocycles. The van der Waals surface area contributed by atoms with Crippen LogP contribution in [0.15, 0.2) is 29.5 Å². The van der Waals surface area contributed by atoms with Crippen LogP contribution in [0.1, 0.15) is 49.7 Å². The van der Waals surface area contributed by atoms with Crippen LogP contribution in [0.5, 0.6) is 11.5 Å². The van der Waals surface area contributed by atoms with Crippen LogP contribution in [0.4, 0.5) is 5.13 Å². The maximum Gasteiger partial charge on any atom is 0.296 e. The first-order valence-corrected chi connectivity index (χ1v) is 12.7. The molecule has 1 amide bonds. The number of alkyl halides is 1. The molecule has 0 spiro atoms. The number of ether oxygens (including phenoxy) is 2. The van der Waals surface area contributed by atoms with Gasteiger partial charge in [0.2, 0.25) is 5.13 Å². The molecule has 1 fully saturated rings. The number of nitrogens with zero attached hydrogens (tertiary/aromatic N) is 3. The summed E-state index contributed by atoms with van der Waals surface area (Å²) >= 11 is 7.72. The number of halogens is 1. The monoisotopic (exact) mass is 503 g/mol. The highest BCUT2D eigenvalue weighted by molar-refractivity contribution is 7.15. The van der Waals surface area contributed by atoms with Crippen molar-refractivity contribution in [1.29, 1.82) is 0 Å². The molecule has 3 aliphatic rings. The van der Waals surface area contributed by atoms with E-state index in [0.29, 0.717) is 35.0 Å². The Hall–Kier alpha value is -2.65. The summed E-state index contributed by atoms with van der Waals surface area (Å²) < 4.78 is 11.5. The fourth-order valence-electron chi connectivity index (χ4n) is 4.97. The second-order valence-corrected chi connectivity index (χ2v) is 11.0. The molecule has 4 unspecified atom stereocenters. The fraction of sp³-hybridized carbons (Fsp3) is 0.500. The van der Waals surface area contributed by atoms with E-state index in [9.17, 15) is 14.7 Å². The van der Waals surface area contributed by atoms with E-state index in [-0.39, 0.29) is 34.5 Å². The molecule has 1 saturated carbocycles. The molecule has 180 valence electrons. The van der Waals surface area contributed by atoms with Crippen LogP contribution in [0, 0.1) is 11.8 Å². The van der Waals surface area contributed by atoms with Gasteiger partial charge in [-0.15, -0.1) is 21.8 Å². The lowest BCUT2D eigenvalue weighted by Crippen LogP contribution is -2.41. The number of phenolic OH excluding ortho intramolecular Hbond substituents is 1. The lowest BCUT2D eigenvalue weighted by atomic mass is 9.77. The first-order chi connectivity index (χ1) is 16.3. The largest absolute Gasteiger partial charge is 0.504 e. The van der Waals surface area contributed by atoms with Crippen molar-refractivity contribution in [2.45, 2.75) is 57.1 Å². The number of aromatic nitrogens is 2. The lowest BCUT2D eigenvalue weighted by molar-refractivity contribution is -0.131. The van der Waals surface area contributed by atoms with E-state index in [1.54, 1.807) is 12.1 Å². The summed E-state index contributed by atoms with van der Waals surface area (Å²) in [7, 11) is 1.45. The van der Waals surface area contributed by atoms with Crippen LogP contribution < -0.4 is 9.64 Å². The number of aromatic hydroxyl groups is 1. The van der Waals surface area contributed by atoms with Crippen molar-refractivity contribution in [3.8, 4) is 11.5 Å². The lowest BCUT2D eigenvalue weighted by Gasteiger charge is -2.37. The highest BCUT2D eigenvalue weighted by Crippen LogP contribution is 2.50. The minimum atomic E-state index is -0.763. The average Bonchev–Trinajstić information content (AvgIpc) is 3.36. The number of Topliss-reactive ketones (excluding diaryl/α,β-unsaturated/α-hetero) is 1. The topological polar surface area (TPSA) is 102 Å². The van der Waals surface area contributed by atoms with Gasteiger partial charge in [-0.1, -0.05) is 31.3 Å². The van der Waals surface area contributed by atoms with E-state index in [1.807, 2.05) is 0 Å². The van der Waals surface area contributed by atoms with Crippen LogP contribution in [0.2, 0.25) is 0 Å². The molecule has 8 nitrogen and oxygen atoms in total. The summed E-state index contributed by atoms with van der Waals surface area (Å²) in [5.41, 5.74) is 0.924. The van der Waals surface area contributed by atoms with Crippen LogP contribution in [0.3, 0.4) is 0 Å². The minimum Gasteiger partial charge on any atom is -0.504 e. The van der Waals surface area contributed by atoms with E-state index < -0.39 is 17.9 Å². The molecule has 0 saturated heterocycles. The summed E-state index contributed by atoms with van der Waals surface area (Å²) in [4.78, 5) is 29.0. The zero-order chi connectivity index (χ0) is 24.1. The number of phenols is 1. The number of fused-ring (bicyclic) bond motifs is 1. The third-order valence-corrected chi connectivity index (χ3v) is 7.89. The van der Waals surface area contributed by atoms with E-state index in [2.05, 4.69) is 24.0 Å². The van der Waals surface area contributed by atoms with Crippen molar-refractivity contribution >= 4 is 39.8 Å². The maximum absolute atomic E-state index is 13.8. The van der Waals surface area contributed by atoms with Crippen LogP contribution in [-0.2, 0) is 20.7 Å². The Balaban J connectivity index is 1.62. The number of benzene rings is 1. The predicted molar refractivity (Wildman–Crippen MR) is 127 cm³/mol. The van der Waals surface area contributed by atoms with Gasteiger partial charge in [-0.2, -0.15) is 0 Å². The van der Waals surface area contributed by atoms with Gasteiger partial charge in [0.15, 0.2) is 23.0 Å². The molecule has 0 bridgehead atoms. The van der Waals surface area contributed by atoms with E-state index in [0.717, 1.165) is 17.8 Å². The Morgan fingerprint density at radius 3 is 2.82 bits per heavy atom. The van der Waals surface area contributed by atoms with Gasteiger partial charge in [-0.25, -0.2) is 0 Å². The number of methoxy groups -OCH3 is 1. The van der Waals surface area contributed by atoms with Crippen molar-refractivity contribution in [2.75, 3.05) is 12.0 Å². The summed E-state index contributed by atoms with van der Waals surface area (Å²) in [6, 6.07) is 4.04. The zero-order valence-corrected chi connectivity index (χ0v) is 20.7. The third kappa shape index (κ3) is 3.84. The molecule has 1 aromatic heterocycles. The minimum absolute atomic E-state index is 0.0324. The number of anilines is 1. The summed E-state index contributed by atoms with van der Waals surface area (Å²) in [5, 5.41) is 19.8. The van der Waals surface area contributed by atoms with Crippen LogP contribution >= 0.6 is 22.9 Å². The van der Waals surface area contributed by atoms with Gasteiger partial charge >= 0.3 is 0 Å². The van der Waals surface area contributed by atoms with Crippen molar-refractivity contribution in [1.82, 2.24) is 10.2 Å². The van der Waals surface area contributed by atoms with Gasteiger partial charge in [-0.3, -0.25) is 14.5 Å². The van der Waals surface area contributed by atoms with Crippen molar-refractivity contribution < 1.29 is 24.2 Å². The number of hydrogen-bond acceptors (Lipinski definition) is 8.